The molecule has 0 unspecified atom stereocenters. The second-order valence-electron chi connectivity index (χ2n) is 3.54. The molecule has 0 bridgehead atoms. The number of benzene rings is 1. The van der Waals surface area contributed by atoms with E-state index in [1.807, 2.05) is 36.5 Å². The van der Waals surface area contributed by atoms with Crippen molar-refractivity contribution in [2.24, 2.45) is 0 Å². The molecule has 2 aromatic rings. The van der Waals surface area contributed by atoms with Crippen molar-refractivity contribution in [2.45, 2.75) is 6.54 Å². The van der Waals surface area contributed by atoms with Gasteiger partial charge in [0.15, 0.2) is 0 Å². The molecular weight excluding hydrogens is 238 g/mol. The predicted octanol–water partition coefficient (Wildman–Crippen LogP) is 1.73. The van der Waals surface area contributed by atoms with E-state index in [1.54, 1.807) is 10.9 Å². The number of carbonyl (C=O) groups excluding carboxylic acids is 1. The summed E-state index contributed by atoms with van der Waals surface area (Å²) in [7, 11) is 0. The maximum absolute atomic E-state index is 11.0. The molecule has 4 nitrogen and oxygen atoms in total. The molecule has 1 amide bonds. The minimum Gasteiger partial charge on any atom is -0.351 e. The number of halogens is 1. The highest BCUT2D eigenvalue weighted by molar-refractivity contribution is 6.27. The van der Waals surface area contributed by atoms with Crippen LogP contribution in [0.5, 0.6) is 0 Å². The fraction of sp³-hybridized carbons (Fsp3) is 0.167. The molecule has 2 rings (SSSR count). The first-order valence-corrected chi connectivity index (χ1v) is 5.74. The maximum Gasteiger partial charge on any atom is 0.235 e. The zero-order valence-electron chi connectivity index (χ0n) is 9.14. The Morgan fingerprint density at radius 2 is 2.12 bits per heavy atom. The first-order chi connectivity index (χ1) is 8.29. The number of hydrogen-bond acceptors (Lipinski definition) is 2. The number of carbonyl (C=O) groups is 1. The van der Waals surface area contributed by atoms with Gasteiger partial charge in [0.25, 0.3) is 0 Å². The van der Waals surface area contributed by atoms with Crippen molar-refractivity contribution >= 4 is 17.5 Å². The molecule has 88 valence electrons. The minimum atomic E-state index is -0.181. The maximum atomic E-state index is 11.0. The van der Waals surface area contributed by atoms with E-state index in [9.17, 15) is 4.79 Å². The first-order valence-electron chi connectivity index (χ1n) is 5.21. The summed E-state index contributed by atoms with van der Waals surface area (Å²) in [4.78, 5) is 11.0. The molecule has 0 spiro atoms. The lowest BCUT2D eigenvalue weighted by Gasteiger charge is -2.00. The Labute approximate surface area is 104 Å². The first kappa shape index (κ1) is 11.7. The van der Waals surface area contributed by atoms with Crippen LogP contribution in [0.3, 0.4) is 0 Å². The summed E-state index contributed by atoms with van der Waals surface area (Å²) in [6.07, 6.45) is 3.60. The highest BCUT2D eigenvalue weighted by Crippen LogP contribution is 2.07. The van der Waals surface area contributed by atoms with Gasteiger partial charge in [0.2, 0.25) is 5.91 Å². The third-order valence-corrected chi connectivity index (χ3v) is 2.51. The monoisotopic (exact) mass is 249 g/mol. The number of amides is 1. The van der Waals surface area contributed by atoms with Crippen molar-refractivity contribution in [3.63, 3.8) is 0 Å². The highest BCUT2D eigenvalue weighted by Gasteiger charge is 2.02. The topological polar surface area (TPSA) is 46.9 Å². The average molecular weight is 250 g/mol. The predicted molar refractivity (Wildman–Crippen MR) is 66.1 cm³/mol. The van der Waals surface area contributed by atoms with Gasteiger partial charge in [0.05, 0.1) is 11.9 Å². The number of hydrogen-bond donors (Lipinski definition) is 1. The number of rotatable bonds is 4. The number of para-hydroxylation sites is 1. The van der Waals surface area contributed by atoms with Gasteiger partial charge in [-0.3, -0.25) is 4.79 Å². The van der Waals surface area contributed by atoms with E-state index >= 15 is 0 Å². The van der Waals surface area contributed by atoms with E-state index in [2.05, 4.69) is 10.4 Å². The molecule has 0 atom stereocenters. The molecule has 1 N–H and O–H groups in total. The molecule has 5 heteroatoms. The summed E-state index contributed by atoms with van der Waals surface area (Å²) in [5, 5.41) is 6.91. The summed E-state index contributed by atoms with van der Waals surface area (Å²) < 4.78 is 1.77. The van der Waals surface area contributed by atoms with Crippen molar-refractivity contribution in [1.29, 1.82) is 0 Å². The van der Waals surface area contributed by atoms with Crippen molar-refractivity contribution in [1.82, 2.24) is 15.1 Å². The van der Waals surface area contributed by atoms with Gasteiger partial charge in [-0.15, -0.1) is 11.6 Å². The largest absolute Gasteiger partial charge is 0.351 e. The summed E-state index contributed by atoms with van der Waals surface area (Å²) in [6, 6.07) is 9.79. The summed E-state index contributed by atoms with van der Waals surface area (Å²) >= 11 is 5.39. The van der Waals surface area contributed by atoms with Crippen LogP contribution in [-0.2, 0) is 11.3 Å². The van der Waals surface area contributed by atoms with Crippen LogP contribution >= 0.6 is 11.6 Å². The lowest BCUT2D eigenvalue weighted by molar-refractivity contribution is -0.118. The van der Waals surface area contributed by atoms with Gasteiger partial charge in [-0.05, 0) is 12.1 Å². The Hall–Kier alpha value is -1.81. The van der Waals surface area contributed by atoms with Gasteiger partial charge in [0.1, 0.15) is 5.88 Å². The third-order valence-electron chi connectivity index (χ3n) is 2.27. The van der Waals surface area contributed by atoms with Crippen molar-refractivity contribution < 1.29 is 4.79 Å². The zero-order valence-corrected chi connectivity index (χ0v) is 9.89. The smallest absolute Gasteiger partial charge is 0.235 e. The van der Waals surface area contributed by atoms with E-state index in [0.717, 1.165) is 11.3 Å². The van der Waals surface area contributed by atoms with Gasteiger partial charge < -0.3 is 5.32 Å². The van der Waals surface area contributed by atoms with Crippen LogP contribution in [0, 0.1) is 0 Å². The number of nitrogens with zero attached hydrogens (tertiary/aromatic N) is 2. The van der Waals surface area contributed by atoms with Crippen LogP contribution in [0.2, 0.25) is 0 Å². The Balaban J connectivity index is 2.04. The van der Waals surface area contributed by atoms with Gasteiger partial charge >= 0.3 is 0 Å². The van der Waals surface area contributed by atoms with Gasteiger partial charge in [-0.25, -0.2) is 4.68 Å². The average Bonchev–Trinajstić information content (AvgIpc) is 2.86. The molecule has 0 fully saturated rings. The van der Waals surface area contributed by atoms with Crippen LogP contribution in [0.15, 0.2) is 42.7 Å². The second-order valence-corrected chi connectivity index (χ2v) is 3.81. The molecule has 0 saturated carbocycles. The standard InChI is InChI=1S/C12H12ClN3O/c13-6-12(17)14-7-10-8-15-16(9-10)11-4-2-1-3-5-11/h1-5,8-9H,6-7H2,(H,14,17). The molecule has 0 aliphatic heterocycles. The van der Waals surface area contributed by atoms with E-state index in [4.69, 9.17) is 11.6 Å². The van der Waals surface area contributed by atoms with Crippen molar-refractivity contribution in [3.8, 4) is 5.69 Å². The Morgan fingerprint density at radius 1 is 1.35 bits per heavy atom. The molecule has 1 aromatic heterocycles. The molecule has 0 saturated heterocycles. The van der Waals surface area contributed by atoms with Crippen LogP contribution in [0.4, 0.5) is 0 Å². The molecule has 0 aliphatic rings. The van der Waals surface area contributed by atoms with E-state index in [0.29, 0.717) is 6.54 Å². The van der Waals surface area contributed by atoms with Crippen molar-refractivity contribution in [3.05, 3.63) is 48.3 Å². The van der Waals surface area contributed by atoms with E-state index in [-0.39, 0.29) is 11.8 Å². The van der Waals surface area contributed by atoms with Gasteiger partial charge in [0, 0.05) is 18.3 Å². The molecular formula is C12H12ClN3O. The molecule has 17 heavy (non-hydrogen) atoms. The third kappa shape index (κ3) is 3.07. The van der Waals surface area contributed by atoms with Gasteiger partial charge in [-0.2, -0.15) is 5.10 Å². The fourth-order valence-corrected chi connectivity index (χ4v) is 1.52. The molecule has 0 aliphatic carbocycles. The fourth-order valence-electron chi connectivity index (χ4n) is 1.42. The van der Waals surface area contributed by atoms with Crippen LogP contribution in [0.1, 0.15) is 5.56 Å². The quantitative estimate of drug-likeness (QED) is 0.839. The number of aromatic nitrogens is 2. The SMILES string of the molecule is O=C(CCl)NCc1cnn(-c2ccccc2)c1. The highest BCUT2D eigenvalue weighted by atomic mass is 35.5. The second kappa shape index (κ2) is 5.50. The Morgan fingerprint density at radius 3 is 2.82 bits per heavy atom. The van der Waals surface area contributed by atoms with E-state index < -0.39 is 0 Å². The molecule has 1 heterocycles. The molecule has 1 aromatic carbocycles. The molecule has 0 radical (unpaired) electrons. The normalized spacial score (nSPS) is 10.2. The number of nitrogens with one attached hydrogen (secondary N) is 1. The van der Waals surface area contributed by atoms with E-state index in [1.165, 1.54) is 0 Å². The van der Waals surface area contributed by atoms with Crippen LogP contribution < -0.4 is 5.32 Å². The minimum absolute atomic E-state index is 0.0210. The lowest BCUT2D eigenvalue weighted by atomic mass is 10.3. The van der Waals surface area contributed by atoms with Crippen LogP contribution in [-0.4, -0.2) is 21.6 Å². The lowest BCUT2D eigenvalue weighted by Crippen LogP contribution is -2.23. The van der Waals surface area contributed by atoms with Crippen molar-refractivity contribution in [2.75, 3.05) is 5.88 Å². The number of alkyl halides is 1. The summed E-state index contributed by atoms with van der Waals surface area (Å²) in [6.45, 7) is 0.443. The zero-order chi connectivity index (χ0) is 12.1. The Bertz CT molecular complexity index is 495. The Kier molecular flexibility index (Phi) is 3.77. The van der Waals surface area contributed by atoms with Crippen LogP contribution in [0.25, 0.3) is 5.69 Å². The summed E-state index contributed by atoms with van der Waals surface area (Å²) in [5.74, 6) is -0.202. The van der Waals surface area contributed by atoms with Gasteiger partial charge in [-0.1, -0.05) is 18.2 Å². The summed E-state index contributed by atoms with van der Waals surface area (Å²) in [5.41, 5.74) is 1.93.